The normalized spacial score (nSPS) is 23.1. The molecule has 0 aliphatic carbocycles. The maximum Gasteiger partial charge on any atom is 0.239 e. The van der Waals surface area contributed by atoms with E-state index in [0.29, 0.717) is 25.9 Å². The van der Waals surface area contributed by atoms with E-state index in [-0.39, 0.29) is 17.7 Å². The summed E-state index contributed by atoms with van der Waals surface area (Å²) in [5.41, 5.74) is 5.52. The van der Waals surface area contributed by atoms with Gasteiger partial charge in [0.15, 0.2) is 0 Å². The van der Waals surface area contributed by atoms with Crippen LogP contribution in [-0.2, 0) is 14.6 Å². The van der Waals surface area contributed by atoms with Gasteiger partial charge < -0.3 is 10.6 Å². The van der Waals surface area contributed by atoms with E-state index in [9.17, 15) is 13.2 Å². The Bertz CT molecular complexity index is 313. The van der Waals surface area contributed by atoms with Gasteiger partial charge in [-0.15, -0.1) is 0 Å². The predicted molar refractivity (Wildman–Crippen MR) is 53.5 cm³/mol. The van der Waals surface area contributed by atoms with E-state index in [2.05, 4.69) is 0 Å². The van der Waals surface area contributed by atoms with E-state index >= 15 is 0 Å². The number of nitrogens with two attached hydrogens (primary N) is 1. The van der Waals surface area contributed by atoms with Crippen molar-refractivity contribution < 1.29 is 13.2 Å². The van der Waals surface area contributed by atoms with Crippen molar-refractivity contribution in [2.24, 2.45) is 5.73 Å². The largest absolute Gasteiger partial charge is 0.341 e. The van der Waals surface area contributed by atoms with Gasteiger partial charge in [0.2, 0.25) is 5.91 Å². The number of hydrogen-bond acceptors (Lipinski definition) is 4. The number of likely N-dealkylation sites (tertiary alicyclic amines) is 1. The van der Waals surface area contributed by atoms with Gasteiger partial charge in [0.05, 0.1) is 11.8 Å². The van der Waals surface area contributed by atoms with Crippen molar-refractivity contribution in [3.63, 3.8) is 0 Å². The highest BCUT2D eigenvalue weighted by Gasteiger charge is 2.27. The fourth-order valence-electron chi connectivity index (χ4n) is 1.50. The maximum atomic E-state index is 11.3. The molecule has 0 aromatic rings. The van der Waals surface area contributed by atoms with Crippen LogP contribution < -0.4 is 5.73 Å². The van der Waals surface area contributed by atoms with Crippen molar-refractivity contribution in [1.29, 1.82) is 0 Å². The predicted octanol–water partition coefficient (Wildman–Crippen LogP) is -1.02. The summed E-state index contributed by atoms with van der Waals surface area (Å²) in [6, 6.07) is -0.381. The summed E-state index contributed by atoms with van der Waals surface area (Å²) in [6.07, 6.45) is 2.37. The van der Waals surface area contributed by atoms with Crippen LogP contribution in [0.25, 0.3) is 0 Å². The maximum absolute atomic E-state index is 11.3. The second-order valence-electron chi connectivity index (χ2n) is 3.70. The van der Waals surface area contributed by atoms with Crippen LogP contribution in [-0.4, -0.2) is 50.4 Å². The molecule has 1 rings (SSSR count). The summed E-state index contributed by atoms with van der Waals surface area (Å²) in [5, 5.41) is 0. The van der Waals surface area contributed by atoms with Crippen molar-refractivity contribution in [2.45, 2.75) is 18.9 Å². The van der Waals surface area contributed by atoms with Crippen molar-refractivity contribution in [1.82, 2.24) is 4.90 Å². The minimum atomic E-state index is -2.92. The Labute approximate surface area is 84.2 Å². The van der Waals surface area contributed by atoms with Gasteiger partial charge in [-0.25, -0.2) is 8.42 Å². The Kier molecular flexibility index (Phi) is 3.49. The summed E-state index contributed by atoms with van der Waals surface area (Å²) in [4.78, 5) is 12.9. The first-order chi connectivity index (χ1) is 6.40. The van der Waals surface area contributed by atoms with Crippen LogP contribution in [0.4, 0.5) is 0 Å². The molecule has 6 heteroatoms. The molecule has 1 atom stereocenters. The van der Waals surface area contributed by atoms with E-state index in [1.807, 2.05) is 0 Å². The number of carbonyl (C=O) groups is 1. The molecule has 1 unspecified atom stereocenters. The Balaban J connectivity index is 2.30. The monoisotopic (exact) mass is 220 g/mol. The zero-order valence-electron chi connectivity index (χ0n) is 8.27. The first-order valence-electron chi connectivity index (χ1n) is 4.62. The molecule has 5 nitrogen and oxygen atoms in total. The van der Waals surface area contributed by atoms with E-state index in [0.717, 1.165) is 0 Å². The molecule has 0 aromatic heterocycles. The molecule has 1 fully saturated rings. The van der Waals surface area contributed by atoms with E-state index in [1.54, 1.807) is 4.90 Å². The van der Waals surface area contributed by atoms with E-state index < -0.39 is 9.84 Å². The van der Waals surface area contributed by atoms with Gasteiger partial charge in [-0.3, -0.25) is 4.79 Å². The molecule has 2 N–H and O–H groups in total. The molecule has 0 aromatic carbocycles. The molecular formula is C8H16N2O3S. The lowest BCUT2D eigenvalue weighted by atomic mass is 10.3. The molecule has 1 amide bonds. The number of sulfone groups is 1. The number of amides is 1. The zero-order chi connectivity index (χ0) is 10.8. The smallest absolute Gasteiger partial charge is 0.239 e. The number of rotatable bonds is 4. The topological polar surface area (TPSA) is 80.5 Å². The standard InChI is InChI=1S/C8H16N2O3S/c1-14(12,13)6-2-4-10-5-3-7(9)8(10)11/h7H,2-6,9H2,1H3. The molecule has 1 aliphatic rings. The number of hydrogen-bond donors (Lipinski definition) is 1. The SMILES string of the molecule is CS(=O)(=O)CCCN1CCC(N)C1=O. The third-order valence-electron chi connectivity index (χ3n) is 2.28. The molecule has 1 heterocycles. The van der Waals surface area contributed by atoms with Crippen molar-refractivity contribution in [3.8, 4) is 0 Å². The minimum absolute atomic E-state index is 0.0569. The van der Waals surface area contributed by atoms with Gasteiger partial charge in [-0.05, 0) is 12.8 Å². The first kappa shape index (κ1) is 11.5. The Hall–Kier alpha value is -0.620. The van der Waals surface area contributed by atoms with Gasteiger partial charge in [-0.1, -0.05) is 0 Å². The summed E-state index contributed by atoms with van der Waals surface area (Å²) in [5.74, 6) is 0.0740. The Morgan fingerprint density at radius 3 is 2.64 bits per heavy atom. The molecule has 0 saturated carbocycles. The Morgan fingerprint density at radius 1 is 1.57 bits per heavy atom. The van der Waals surface area contributed by atoms with Gasteiger partial charge in [0.1, 0.15) is 9.84 Å². The molecule has 1 saturated heterocycles. The van der Waals surface area contributed by atoms with Crippen LogP contribution in [0.3, 0.4) is 0 Å². The van der Waals surface area contributed by atoms with Crippen molar-refractivity contribution in [2.75, 3.05) is 25.1 Å². The highest BCUT2D eigenvalue weighted by atomic mass is 32.2. The lowest BCUT2D eigenvalue weighted by Gasteiger charge is -2.14. The van der Waals surface area contributed by atoms with Crippen LogP contribution in [0, 0.1) is 0 Å². The summed E-state index contributed by atoms with van der Waals surface area (Å²) >= 11 is 0. The second-order valence-corrected chi connectivity index (χ2v) is 5.96. The van der Waals surface area contributed by atoms with Crippen LogP contribution in [0.2, 0.25) is 0 Å². The molecule has 0 spiro atoms. The highest BCUT2D eigenvalue weighted by molar-refractivity contribution is 7.90. The Morgan fingerprint density at radius 2 is 2.21 bits per heavy atom. The van der Waals surface area contributed by atoms with Crippen LogP contribution in [0.15, 0.2) is 0 Å². The van der Waals surface area contributed by atoms with Gasteiger partial charge >= 0.3 is 0 Å². The lowest BCUT2D eigenvalue weighted by Crippen LogP contribution is -2.35. The molecule has 0 bridgehead atoms. The summed E-state index contributed by atoms with van der Waals surface area (Å²) in [7, 11) is -2.92. The van der Waals surface area contributed by atoms with Crippen LogP contribution in [0.1, 0.15) is 12.8 Å². The molecule has 82 valence electrons. The molecule has 14 heavy (non-hydrogen) atoms. The molecule has 1 aliphatic heterocycles. The van der Waals surface area contributed by atoms with Crippen molar-refractivity contribution in [3.05, 3.63) is 0 Å². The van der Waals surface area contributed by atoms with Crippen LogP contribution >= 0.6 is 0 Å². The van der Waals surface area contributed by atoms with Crippen molar-refractivity contribution >= 4 is 15.7 Å². The molecular weight excluding hydrogens is 204 g/mol. The quantitative estimate of drug-likeness (QED) is 0.657. The minimum Gasteiger partial charge on any atom is -0.341 e. The highest BCUT2D eigenvalue weighted by Crippen LogP contribution is 2.09. The van der Waals surface area contributed by atoms with E-state index in [1.165, 1.54) is 6.26 Å². The molecule has 0 radical (unpaired) electrons. The van der Waals surface area contributed by atoms with Crippen LogP contribution in [0.5, 0.6) is 0 Å². The summed E-state index contributed by atoms with van der Waals surface area (Å²) < 4.78 is 21.6. The fourth-order valence-corrected chi connectivity index (χ4v) is 2.16. The van der Waals surface area contributed by atoms with Gasteiger partial charge in [-0.2, -0.15) is 0 Å². The number of nitrogens with zero attached hydrogens (tertiary/aromatic N) is 1. The average molecular weight is 220 g/mol. The third kappa shape index (κ3) is 3.26. The third-order valence-corrected chi connectivity index (χ3v) is 3.31. The van der Waals surface area contributed by atoms with E-state index in [4.69, 9.17) is 5.73 Å². The van der Waals surface area contributed by atoms with Gasteiger partial charge in [0, 0.05) is 19.3 Å². The average Bonchev–Trinajstić information content (AvgIpc) is 2.33. The fraction of sp³-hybridized carbons (Fsp3) is 0.875. The number of carbonyl (C=O) groups excluding carboxylic acids is 1. The summed E-state index contributed by atoms with van der Waals surface area (Å²) in [6.45, 7) is 1.16. The zero-order valence-corrected chi connectivity index (χ0v) is 9.09. The van der Waals surface area contributed by atoms with Gasteiger partial charge in [0.25, 0.3) is 0 Å². The first-order valence-corrected chi connectivity index (χ1v) is 6.68. The second kappa shape index (κ2) is 4.27. The lowest BCUT2D eigenvalue weighted by molar-refractivity contribution is -0.128.